The fourth-order valence-electron chi connectivity index (χ4n) is 1.82. The first-order valence-corrected chi connectivity index (χ1v) is 7.06. The third-order valence-electron chi connectivity index (χ3n) is 2.89. The average molecular weight is 337 g/mol. The normalized spacial score (nSPS) is 11.9. The van der Waals surface area contributed by atoms with E-state index in [0.717, 1.165) is 5.56 Å². The molecule has 104 valence electrons. The fraction of sp³-hybridized carbons (Fsp3) is 0.188. The molecule has 0 spiro atoms. The van der Waals surface area contributed by atoms with E-state index in [1.165, 1.54) is 12.1 Å². The summed E-state index contributed by atoms with van der Waals surface area (Å²) in [5, 5.41) is 0. The van der Waals surface area contributed by atoms with Gasteiger partial charge >= 0.3 is 5.97 Å². The number of rotatable bonds is 4. The summed E-state index contributed by atoms with van der Waals surface area (Å²) in [6, 6.07) is 14.0. The summed E-state index contributed by atoms with van der Waals surface area (Å²) in [4.78, 5) is 12.0. The lowest BCUT2D eigenvalue weighted by Gasteiger charge is -2.11. The van der Waals surface area contributed by atoms with E-state index in [2.05, 4.69) is 15.9 Å². The topological polar surface area (TPSA) is 26.3 Å². The van der Waals surface area contributed by atoms with Gasteiger partial charge in [-0.05, 0) is 30.2 Å². The number of halogens is 2. The van der Waals surface area contributed by atoms with E-state index < -0.39 is 11.8 Å². The minimum Gasteiger partial charge on any atom is -0.423 e. The van der Waals surface area contributed by atoms with Gasteiger partial charge in [0, 0.05) is 4.47 Å². The van der Waals surface area contributed by atoms with Gasteiger partial charge in [0.2, 0.25) is 0 Å². The van der Waals surface area contributed by atoms with Gasteiger partial charge in [0.25, 0.3) is 0 Å². The summed E-state index contributed by atoms with van der Waals surface area (Å²) in [5.74, 6) is -1.37. The van der Waals surface area contributed by atoms with Gasteiger partial charge in [-0.25, -0.2) is 4.39 Å². The maximum atomic E-state index is 13.6. The van der Waals surface area contributed by atoms with E-state index in [1.54, 1.807) is 13.0 Å². The van der Waals surface area contributed by atoms with Crippen molar-refractivity contribution in [1.82, 2.24) is 0 Å². The van der Waals surface area contributed by atoms with Crippen molar-refractivity contribution in [1.29, 1.82) is 0 Å². The van der Waals surface area contributed by atoms with Crippen molar-refractivity contribution in [3.05, 3.63) is 64.4 Å². The van der Waals surface area contributed by atoms with E-state index in [1.807, 2.05) is 30.3 Å². The molecule has 0 radical (unpaired) electrons. The Morgan fingerprint density at radius 1 is 1.25 bits per heavy atom. The predicted molar refractivity (Wildman–Crippen MR) is 79.0 cm³/mol. The van der Waals surface area contributed by atoms with Crippen molar-refractivity contribution in [3.8, 4) is 5.75 Å². The first kappa shape index (κ1) is 14.7. The highest BCUT2D eigenvalue weighted by Crippen LogP contribution is 2.22. The molecule has 2 rings (SSSR count). The van der Waals surface area contributed by atoms with Gasteiger partial charge in [0.1, 0.15) is 0 Å². The second kappa shape index (κ2) is 6.66. The van der Waals surface area contributed by atoms with Crippen molar-refractivity contribution < 1.29 is 13.9 Å². The molecular weight excluding hydrogens is 323 g/mol. The Balaban J connectivity index is 2.01. The van der Waals surface area contributed by atoms with Crippen LogP contribution in [-0.2, 0) is 11.2 Å². The molecule has 0 aliphatic heterocycles. The molecule has 2 aromatic carbocycles. The van der Waals surface area contributed by atoms with Gasteiger partial charge in [-0.2, -0.15) is 0 Å². The number of carbonyl (C=O) groups excluding carboxylic acids is 1. The highest BCUT2D eigenvalue weighted by molar-refractivity contribution is 9.10. The van der Waals surface area contributed by atoms with Crippen molar-refractivity contribution in [3.63, 3.8) is 0 Å². The summed E-state index contributed by atoms with van der Waals surface area (Å²) >= 11 is 3.16. The van der Waals surface area contributed by atoms with Gasteiger partial charge in [0.05, 0.1) is 5.92 Å². The third-order valence-corrected chi connectivity index (χ3v) is 3.38. The second-order valence-corrected chi connectivity index (χ2v) is 5.50. The van der Waals surface area contributed by atoms with Crippen LogP contribution in [0.2, 0.25) is 0 Å². The van der Waals surface area contributed by atoms with Crippen molar-refractivity contribution >= 4 is 21.9 Å². The molecule has 0 aromatic heterocycles. The largest absolute Gasteiger partial charge is 0.423 e. The second-order valence-electron chi connectivity index (χ2n) is 4.59. The lowest BCUT2D eigenvalue weighted by atomic mass is 10.0. The van der Waals surface area contributed by atoms with E-state index in [9.17, 15) is 9.18 Å². The Bertz CT molecular complexity index is 599. The van der Waals surface area contributed by atoms with Crippen molar-refractivity contribution in [2.75, 3.05) is 0 Å². The quantitative estimate of drug-likeness (QED) is 0.612. The molecule has 1 atom stereocenters. The van der Waals surface area contributed by atoms with Crippen LogP contribution in [0.25, 0.3) is 0 Å². The number of hydrogen-bond donors (Lipinski definition) is 0. The lowest BCUT2D eigenvalue weighted by Crippen LogP contribution is -2.20. The van der Waals surface area contributed by atoms with Gasteiger partial charge in [-0.15, -0.1) is 0 Å². The smallest absolute Gasteiger partial charge is 0.314 e. The number of benzene rings is 2. The molecule has 2 nitrogen and oxygen atoms in total. The summed E-state index contributed by atoms with van der Waals surface area (Å²) in [5.41, 5.74) is 1.05. The Kier molecular flexibility index (Phi) is 4.90. The molecule has 0 amide bonds. The zero-order valence-corrected chi connectivity index (χ0v) is 12.6. The van der Waals surface area contributed by atoms with Crippen LogP contribution in [0, 0.1) is 11.7 Å². The van der Waals surface area contributed by atoms with Crippen LogP contribution in [0.3, 0.4) is 0 Å². The zero-order valence-electron chi connectivity index (χ0n) is 11.0. The molecule has 0 fully saturated rings. The lowest BCUT2D eigenvalue weighted by molar-refractivity contribution is -0.138. The van der Waals surface area contributed by atoms with E-state index in [-0.39, 0.29) is 11.7 Å². The van der Waals surface area contributed by atoms with Crippen LogP contribution in [0.5, 0.6) is 5.75 Å². The van der Waals surface area contributed by atoms with Crippen LogP contribution < -0.4 is 4.74 Å². The Labute approximate surface area is 125 Å². The molecule has 0 aliphatic carbocycles. The Hall–Kier alpha value is -1.68. The van der Waals surface area contributed by atoms with Gasteiger partial charge < -0.3 is 4.74 Å². The van der Waals surface area contributed by atoms with Crippen LogP contribution >= 0.6 is 15.9 Å². The van der Waals surface area contributed by atoms with Gasteiger partial charge in [-0.1, -0.05) is 53.2 Å². The van der Waals surface area contributed by atoms with Crippen LogP contribution in [-0.4, -0.2) is 5.97 Å². The van der Waals surface area contributed by atoms with E-state index >= 15 is 0 Å². The van der Waals surface area contributed by atoms with Gasteiger partial charge in [0.15, 0.2) is 11.6 Å². The van der Waals surface area contributed by atoms with Crippen LogP contribution in [0.15, 0.2) is 53.0 Å². The minimum atomic E-state index is -0.556. The highest BCUT2D eigenvalue weighted by Gasteiger charge is 2.17. The molecule has 0 N–H and O–H groups in total. The van der Waals surface area contributed by atoms with Crippen LogP contribution in [0.4, 0.5) is 4.39 Å². The number of hydrogen-bond acceptors (Lipinski definition) is 2. The molecule has 0 bridgehead atoms. The maximum absolute atomic E-state index is 13.6. The SMILES string of the molecule is CC(Cc1ccccc1)C(=O)Oc1ccc(Br)cc1F. The molecule has 0 saturated carbocycles. The van der Waals surface area contributed by atoms with Gasteiger partial charge in [-0.3, -0.25) is 4.79 Å². The molecule has 4 heteroatoms. The van der Waals surface area contributed by atoms with Crippen LogP contribution in [0.1, 0.15) is 12.5 Å². The summed E-state index contributed by atoms with van der Waals surface area (Å²) < 4.78 is 19.3. The molecular formula is C16H14BrFO2. The highest BCUT2D eigenvalue weighted by atomic mass is 79.9. The molecule has 0 heterocycles. The monoisotopic (exact) mass is 336 g/mol. The number of ether oxygens (including phenoxy) is 1. The molecule has 0 aliphatic rings. The first-order valence-electron chi connectivity index (χ1n) is 6.27. The molecule has 0 saturated heterocycles. The summed E-state index contributed by atoms with van der Waals surface area (Å²) in [6.45, 7) is 1.77. The van der Waals surface area contributed by atoms with Crippen molar-refractivity contribution in [2.24, 2.45) is 5.92 Å². The third kappa shape index (κ3) is 3.90. The molecule has 1 unspecified atom stereocenters. The standard InChI is InChI=1S/C16H14BrFO2/c1-11(9-12-5-3-2-4-6-12)16(19)20-15-8-7-13(17)10-14(15)18/h2-8,10-11H,9H2,1H3. The Morgan fingerprint density at radius 2 is 1.95 bits per heavy atom. The zero-order chi connectivity index (χ0) is 14.5. The predicted octanol–water partition coefficient (Wildman–Crippen LogP) is 4.37. The fourth-order valence-corrected chi connectivity index (χ4v) is 2.15. The summed E-state index contributed by atoms with van der Waals surface area (Å²) in [7, 11) is 0. The maximum Gasteiger partial charge on any atom is 0.314 e. The summed E-state index contributed by atoms with van der Waals surface area (Å²) in [6.07, 6.45) is 0.567. The Morgan fingerprint density at radius 3 is 2.60 bits per heavy atom. The van der Waals surface area contributed by atoms with E-state index in [4.69, 9.17) is 4.74 Å². The number of esters is 1. The van der Waals surface area contributed by atoms with Crippen molar-refractivity contribution in [2.45, 2.75) is 13.3 Å². The number of carbonyl (C=O) groups is 1. The molecule has 2 aromatic rings. The first-order chi connectivity index (χ1) is 9.56. The molecule has 20 heavy (non-hydrogen) atoms. The minimum absolute atomic E-state index is 0.0434. The average Bonchev–Trinajstić information content (AvgIpc) is 2.43. The van der Waals surface area contributed by atoms with E-state index in [0.29, 0.717) is 10.9 Å².